The molecule has 25 heavy (non-hydrogen) atoms. The maximum Gasteiger partial charge on any atom is 0.347 e. The molecule has 1 N–H and O–H groups in total. The molecule has 0 spiro atoms. The summed E-state index contributed by atoms with van der Waals surface area (Å²) >= 11 is 0. The lowest BCUT2D eigenvalue weighted by molar-refractivity contribution is 0.0595. The molecule has 0 bridgehead atoms. The van der Waals surface area contributed by atoms with Gasteiger partial charge in [-0.3, -0.25) is 4.79 Å². The first-order chi connectivity index (χ1) is 11.9. The quantitative estimate of drug-likeness (QED) is 0.740. The Kier molecular flexibility index (Phi) is 4.14. The number of hydrogen-bond donors (Lipinski definition) is 1. The van der Waals surface area contributed by atoms with E-state index >= 15 is 0 Å². The van der Waals surface area contributed by atoms with Crippen molar-refractivity contribution in [2.24, 2.45) is 7.05 Å². The van der Waals surface area contributed by atoms with Gasteiger partial charge in [0.05, 0.1) is 12.6 Å². The third-order valence-corrected chi connectivity index (χ3v) is 3.78. The molecule has 6 nitrogen and oxygen atoms in total. The molecule has 0 saturated heterocycles. The monoisotopic (exact) mass is 343 g/mol. The fourth-order valence-electron chi connectivity index (χ4n) is 2.50. The molecular weight excluding hydrogens is 329 g/mol. The first-order valence-corrected chi connectivity index (χ1v) is 7.30. The number of benzene rings is 2. The molecular formula is C18H14FNO5. The maximum absolute atomic E-state index is 14.4. The van der Waals surface area contributed by atoms with Crippen LogP contribution in [0.5, 0.6) is 17.2 Å². The minimum Gasteiger partial charge on any atom is -0.506 e. The summed E-state index contributed by atoms with van der Waals surface area (Å²) in [6.07, 6.45) is 0. The van der Waals surface area contributed by atoms with Crippen molar-refractivity contribution in [1.29, 1.82) is 0 Å². The minimum atomic E-state index is -0.995. The molecule has 1 heterocycles. The van der Waals surface area contributed by atoms with Gasteiger partial charge < -0.3 is 19.1 Å². The number of para-hydroxylation sites is 1. The van der Waals surface area contributed by atoms with Crippen LogP contribution in [0.2, 0.25) is 0 Å². The Morgan fingerprint density at radius 2 is 1.88 bits per heavy atom. The van der Waals surface area contributed by atoms with Gasteiger partial charge in [0.25, 0.3) is 5.56 Å². The van der Waals surface area contributed by atoms with Gasteiger partial charge >= 0.3 is 5.97 Å². The molecule has 0 aliphatic rings. The van der Waals surface area contributed by atoms with Crippen LogP contribution in [-0.2, 0) is 11.8 Å². The van der Waals surface area contributed by atoms with Crippen LogP contribution in [0.3, 0.4) is 0 Å². The number of aromatic hydroxyl groups is 1. The molecule has 0 aliphatic carbocycles. The number of carbonyl (C=O) groups is 1. The van der Waals surface area contributed by atoms with Crippen molar-refractivity contribution in [3.05, 3.63) is 64.2 Å². The van der Waals surface area contributed by atoms with E-state index in [9.17, 15) is 19.1 Å². The molecule has 0 saturated carbocycles. The van der Waals surface area contributed by atoms with Crippen LogP contribution in [0.4, 0.5) is 4.39 Å². The molecule has 0 unspecified atom stereocenters. The topological polar surface area (TPSA) is 77.8 Å². The van der Waals surface area contributed by atoms with Crippen molar-refractivity contribution in [3.8, 4) is 17.2 Å². The van der Waals surface area contributed by atoms with Crippen LogP contribution >= 0.6 is 0 Å². The highest BCUT2D eigenvalue weighted by atomic mass is 19.1. The average Bonchev–Trinajstić information content (AvgIpc) is 2.62. The van der Waals surface area contributed by atoms with Gasteiger partial charge in [0.1, 0.15) is 11.5 Å². The number of halogens is 1. The van der Waals surface area contributed by atoms with Crippen LogP contribution in [0.1, 0.15) is 10.4 Å². The predicted molar refractivity (Wildman–Crippen MR) is 88.7 cm³/mol. The standard InChI is InChI=1S/C18H14FNO5/c1-20-13-9-14(25-10-6-4-3-5-7-10)12(19)8-11(13)16(21)15(17(20)22)18(23)24-2/h3-9,21H,1-2H3. The third-order valence-electron chi connectivity index (χ3n) is 3.78. The van der Waals surface area contributed by atoms with Gasteiger partial charge in [-0.05, 0) is 18.2 Å². The first-order valence-electron chi connectivity index (χ1n) is 7.30. The van der Waals surface area contributed by atoms with Crippen LogP contribution < -0.4 is 10.3 Å². The number of rotatable bonds is 3. The number of ether oxygens (including phenoxy) is 2. The second kappa shape index (κ2) is 6.27. The van der Waals surface area contributed by atoms with Gasteiger partial charge in [0.2, 0.25) is 0 Å². The first kappa shape index (κ1) is 16.5. The van der Waals surface area contributed by atoms with Crippen LogP contribution in [0.15, 0.2) is 47.3 Å². The number of aromatic nitrogens is 1. The van der Waals surface area contributed by atoms with Crippen LogP contribution in [-0.4, -0.2) is 22.8 Å². The summed E-state index contributed by atoms with van der Waals surface area (Å²) in [6, 6.07) is 10.9. The van der Waals surface area contributed by atoms with Crippen molar-refractivity contribution in [2.75, 3.05) is 7.11 Å². The summed E-state index contributed by atoms with van der Waals surface area (Å²) in [7, 11) is 2.49. The van der Waals surface area contributed by atoms with Gasteiger partial charge in [-0.2, -0.15) is 0 Å². The Balaban J connectivity index is 2.23. The summed E-state index contributed by atoms with van der Waals surface area (Å²) < 4.78 is 25.5. The van der Waals surface area contributed by atoms with Gasteiger partial charge in [-0.25, -0.2) is 9.18 Å². The van der Waals surface area contributed by atoms with E-state index in [4.69, 9.17) is 4.74 Å². The molecule has 3 rings (SSSR count). The molecule has 3 aromatic rings. The molecule has 128 valence electrons. The van der Waals surface area contributed by atoms with Crippen molar-refractivity contribution in [2.45, 2.75) is 0 Å². The minimum absolute atomic E-state index is 0.000381. The summed E-state index contributed by atoms with van der Waals surface area (Å²) in [4.78, 5) is 24.1. The summed E-state index contributed by atoms with van der Waals surface area (Å²) in [5.74, 6) is -2.07. The average molecular weight is 343 g/mol. The van der Waals surface area contributed by atoms with E-state index in [1.54, 1.807) is 30.3 Å². The lowest BCUT2D eigenvalue weighted by atomic mass is 10.1. The maximum atomic E-state index is 14.4. The van der Waals surface area contributed by atoms with Crippen molar-refractivity contribution in [1.82, 2.24) is 4.57 Å². The normalized spacial score (nSPS) is 10.7. The Bertz CT molecular complexity index is 1030. The smallest absolute Gasteiger partial charge is 0.347 e. The highest BCUT2D eigenvalue weighted by Crippen LogP contribution is 2.33. The van der Waals surface area contributed by atoms with E-state index in [2.05, 4.69) is 4.74 Å². The van der Waals surface area contributed by atoms with E-state index < -0.39 is 28.7 Å². The van der Waals surface area contributed by atoms with E-state index in [1.807, 2.05) is 0 Å². The van der Waals surface area contributed by atoms with Crippen molar-refractivity contribution in [3.63, 3.8) is 0 Å². The third kappa shape index (κ3) is 2.80. The number of esters is 1. The number of carbonyl (C=O) groups excluding carboxylic acids is 1. The van der Waals surface area contributed by atoms with E-state index in [0.717, 1.165) is 17.7 Å². The fourth-order valence-corrected chi connectivity index (χ4v) is 2.50. The number of hydrogen-bond acceptors (Lipinski definition) is 5. The number of aryl methyl sites for hydroxylation is 1. The Morgan fingerprint density at radius 3 is 2.52 bits per heavy atom. The largest absolute Gasteiger partial charge is 0.506 e. The van der Waals surface area contributed by atoms with E-state index in [-0.39, 0.29) is 16.7 Å². The SMILES string of the molecule is COC(=O)c1c(O)c2cc(F)c(Oc3ccccc3)cc2n(C)c1=O. The van der Waals surface area contributed by atoms with Crippen LogP contribution in [0, 0.1) is 5.82 Å². The second-order valence-corrected chi connectivity index (χ2v) is 5.29. The highest BCUT2D eigenvalue weighted by molar-refractivity contribution is 5.99. The number of nitrogens with zero attached hydrogens (tertiary/aromatic N) is 1. The van der Waals surface area contributed by atoms with Crippen LogP contribution in [0.25, 0.3) is 10.9 Å². The zero-order valence-corrected chi connectivity index (χ0v) is 13.4. The number of fused-ring (bicyclic) bond motifs is 1. The molecule has 0 aliphatic heterocycles. The zero-order valence-electron chi connectivity index (χ0n) is 13.4. The lowest BCUT2D eigenvalue weighted by Gasteiger charge is -2.13. The number of methoxy groups -OCH3 is 1. The zero-order chi connectivity index (χ0) is 18.1. The Morgan fingerprint density at radius 1 is 1.20 bits per heavy atom. The van der Waals surface area contributed by atoms with Gasteiger partial charge in [-0.1, -0.05) is 18.2 Å². The fraction of sp³-hybridized carbons (Fsp3) is 0.111. The van der Waals surface area contributed by atoms with Crippen molar-refractivity contribution < 1.29 is 23.8 Å². The molecule has 1 aromatic heterocycles. The molecule has 0 amide bonds. The van der Waals surface area contributed by atoms with E-state index in [0.29, 0.717) is 5.75 Å². The summed E-state index contributed by atoms with van der Waals surface area (Å²) in [5, 5.41) is 10.2. The second-order valence-electron chi connectivity index (χ2n) is 5.29. The van der Waals surface area contributed by atoms with Gasteiger partial charge in [-0.15, -0.1) is 0 Å². The Hall–Kier alpha value is -3.35. The highest BCUT2D eigenvalue weighted by Gasteiger charge is 2.23. The Labute approximate surface area is 141 Å². The van der Waals surface area contributed by atoms with E-state index in [1.165, 1.54) is 13.1 Å². The molecule has 2 aromatic carbocycles. The predicted octanol–water partition coefficient (Wildman–Crippen LogP) is 2.96. The molecule has 0 atom stereocenters. The summed E-state index contributed by atoms with van der Waals surface area (Å²) in [5.41, 5.74) is -1.09. The molecule has 7 heteroatoms. The summed E-state index contributed by atoms with van der Waals surface area (Å²) in [6.45, 7) is 0. The lowest BCUT2D eigenvalue weighted by Crippen LogP contribution is -2.25. The number of pyridine rings is 1. The van der Waals surface area contributed by atoms with Crippen molar-refractivity contribution >= 4 is 16.9 Å². The van der Waals surface area contributed by atoms with Gasteiger partial charge in [0.15, 0.2) is 17.1 Å². The molecule has 0 radical (unpaired) electrons. The molecule has 0 fully saturated rings. The van der Waals surface area contributed by atoms with Gasteiger partial charge in [0, 0.05) is 18.5 Å².